The number of hydrogen-bond donors (Lipinski definition) is 3. The van der Waals surface area contributed by atoms with Crippen LogP contribution >= 0.6 is 11.3 Å². The summed E-state index contributed by atoms with van der Waals surface area (Å²) < 4.78 is 0. The molecule has 7 heteroatoms. The van der Waals surface area contributed by atoms with Gasteiger partial charge in [0.05, 0.1) is 17.9 Å². The van der Waals surface area contributed by atoms with E-state index in [1.54, 1.807) is 18.3 Å². The summed E-state index contributed by atoms with van der Waals surface area (Å²) in [6, 6.07) is 12.1. The van der Waals surface area contributed by atoms with Gasteiger partial charge in [0.2, 0.25) is 5.91 Å². The number of aliphatic hydroxyl groups excluding tert-OH is 1. The van der Waals surface area contributed by atoms with Crippen LogP contribution < -0.4 is 10.9 Å². The molecule has 124 valence electrons. The van der Waals surface area contributed by atoms with Crippen LogP contribution in [-0.4, -0.2) is 27.1 Å². The van der Waals surface area contributed by atoms with E-state index >= 15 is 0 Å². The van der Waals surface area contributed by atoms with Gasteiger partial charge in [0.15, 0.2) is 5.82 Å². The van der Waals surface area contributed by atoms with Gasteiger partial charge in [-0.2, -0.15) is 0 Å². The predicted octanol–water partition coefficient (Wildman–Crippen LogP) is 2.88. The maximum atomic E-state index is 11.7. The van der Waals surface area contributed by atoms with E-state index in [2.05, 4.69) is 20.8 Å². The molecule has 0 unspecified atom stereocenters. The van der Waals surface area contributed by atoms with E-state index in [4.69, 9.17) is 0 Å². The summed E-state index contributed by atoms with van der Waals surface area (Å²) in [6.45, 7) is 3.38. The highest BCUT2D eigenvalue weighted by molar-refractivity contribution is 7.21. The van der Waals surface area contributed by atoms with Gasteiger partial charge in [-0.05, 0) is 25.5 Å². The van der Waals surface area contributed by atoms with E-state index in [9.17, 15) is 9.90 Å². The van der Waals surface area contributed by atoms with Gasteiger partial charge < -0.3 is 5.11 Å². The number of aromatic nitrogens is 2. The fourth-order valence-electron chi connectivity index (χ4n) is 2.32. The number of nitrogens with zero attached hydrogens (tertiary/aromatic N) is 2. The molecule has 0 aliphatic carbocycles. The Kier molecular flexibility index (Phi) is 4.73. The Labute approximate surface area is 143 Å². The maximum absolute atomic E-state index is 11.7. The largest absolute Gasteiger partial charge is 0.393 e. The third-order valence-electron chi connectivity index (χ3n) is 3.36. The quantitative estimate of drug-likeness (QED) is 0.621. The standard InChI is InChI=1S/C17H18N4O2S/c1-10(22)8-15(23)20-21-16-13-9-14(12-6-4-3-5-7-12)24-17(13)19-11(2)18-16/h3-7,9-10,22H,8H2,1-2H3,(H,20,23)(H,18,19,21)/t10-/m0/s1. The summed E-state index contributed by atoms with van der Waals surface area (Å²) in [4.78, 5) is 22.5. The smallest absolute Gasteiger partial charge is 0.240 e. The molecule has 3 N–H and O–H groups in total. The fraction of sp³-hybridized carbons (Fsp3) is 0.235. The molecule has 2 aromatic heterocycles. The summed E-state index contributed by atoms with van der Waals surface area (Å²) in [5, 5.41) is 10.1. The van der Waals surface area contributed by atoms with Gasteiger partial charge in [-0.1, -0.05) is 30.3 Å². The monoisotopic (exact) mass is 342 g/mol. The molecule has 3 rings (SSSR count). The normalized spacial score (nSPS) is 12.1. The molecule has 1 aromatic carbocycles. The Morgan fingerprint density at radius 3 is 2.75 bits per heavy atom. The molecule has 0 fully saturated rings. The van der Waals surface area contributed by atoms with Crippen molar-refractivity contribution in [3.05, 3.63) is 42.2 Å². The highest BCUT2D eigenvalue weighted by Gasteiger charge is 2.13. The van der Waals surface area contributed by atoms with Crippen molar-refractivity contribution in [2.45, 2.75) is 26.4 Å². The second-order valence-corrected chi connectivity index (χ2v) is 6.57. The number of nitrogens with one attached hydrogen (secondary N) is 2. The summed E-state index contributed by atoms with van der Waals surface area (Å²) in [7, 11) is 0. The summed E-state index contributed by atoms with van der Waals surface area (Å²) in [5.41, 5.74) is 6.52. The lowest BCUT2D eigenvalue weighted by atomic mass is 10.2. The van der Waals surface area contributed by atoms with Crippen molar-refractivity contribution in [2.75, 3.05) is 5.43 Å². The third-order valence-corrected chi connectivity index (χ3v) is 4.44. The van der Waals surface area contributed by atoms with E-state index < -0.39 is 6.10 Å². The van der Waals surface area contributed by atoms with Crippen molar-refractivity contribution in [1.82, 2.24) is 15.4 Å². The number of hydrazine groups is 1. The molecular weight excluding hydrogens is 324 g/mol. The van der Waals surface area contributed by atoms with Crippen LogP contribution in [0.15, 0.2) is 36.4 Å². The Balaban J connectivity index is 1.90. The highest BCUT2D eigenvalue weighted by Crippen LogP contribution is 2.35. The van der Waals surface area contributed by atoms with Gasteiger partial charge >= 0.3 is 0 Å². The Hall–Kier alpha value is -2.51. The first-order valence-electron chi connectivity index (χ1n) is 7.59. The average molecular weight is 342 g/mol. The molecule has 2 heterocycles. The van der Waals surface area contributed by atoms with Gasteiger partial charge in [-0.25, -0.2) is 9.97 Å². The molecular formula is C17H18N4O2S. The fourth-order valence-corrected chi connectivity index (χ4v) is 3.40. The number of benzene rings is 1. The molecule has 0 saturated heterocycles. The second-order valence-electron chi connectivity index (χ2n) is 5.54. The Morgan fingerprint density at radius 2 is 2.04 bits per heavy atom. The van der Waals surface area contributed by atoms with Crippen LogP contribution in [0.3, 0.4) is 0 Å². The van der Waals surface area contributed by atoms with E-state index in [-0.39, 0.29) is 12.3 Å². The lowest BCUT2D eigenvalue weighted by Gasteiger charge is -2.10. The number of anilines is 1. The van der Waals surface area contributed by atoms with Crippen LogP contribution in [-0.2, 0) is 4.79 Å². The third kappa shape index (κ3) is 3.69. The maximum Gasteiger partial charge on any atom is 0.240 e. The van der Waals surface area contributed by atoms with Crippen molar-refractivity contribution in [1.29, 1.82) is 0 Å². The van der Waals surface area contributed by atoms with Crippen LogP contribution in [0.25, 0.3) is 20.7 Å². The molecule has 3 aromatic rings. The second kappa shape index (κ2) is 6.94. The molecule has 0 spiro atoms. The average Bonchev–Trinajstić information content (AvgIpc) is 2.96. The molecule has 0 aliphatic heterocycles. The number of carbonyl (C=O) groups excluding carboxylic acids is 1. The number of hydrogen-bond acceptors (Lipinski definition) is 6. The van der Waals surface area contributed by atoms with Gasteiger partial charge in [-0.15, -0.1) is 11.3 Å². The lowest BCUT2D eigenvalue weighted by Crippen LogP contribution is -2.32. The number of amides is 1. The lowest BCUT2D eigenvalue weighted by molar-refractivity contribution is -0.122. The number of rotatable bonds is 5. The zero-order valence-electron chi connectivity index (χ0n) is 13.4. The van der Waals surface area contributed by atoms with Gasteiger partial charge in [0, 0.05) is 4.88 Å². The molecule has 0 bridgehead atoms. The number of fused-ring (bicyclic) bond motifs is 1. The molecule has 24 heavy (non-hydrogen) atoms. The summed E-state index contributed by atoms with van der Waals surface area (Å²) in [6.07, 6.45) is -0.663. The first-order valence-corrected chi connectivity index (χ1v) is 8.41. The molecule has 1 amide bonds. The molecule has 1 atom stereocenters. The minimum Gasteiger partial charge on any atom is -0.393 e. The molecule has 0 saturated carbocycles. The molecule has 0 radical (unpaired) electrons. The minimum absolute atomic E-state index is 0.0269. The zero-order valence-corrected chi connectivity index (χ0v) is 14.2. The van der Waals surface area contributed by atoms with Crippen molar-refractivity contribution < 1.29 is 9.90 Å². The van der Waals surface area contributed by atoms with E-state index in [0.29, 0.717) is 11.6 Å². The number of aliphatic hydroxyl groups is 1. The topological polar surface area (TPSA) is 87.1 Å². The van der Waals surface area contributed by atoms with E-state index in [0.717, 1.165) is 20.7 Å². The Bertz CT molecular complexity index is 862. The number of carbonyl (C=O) groups is 1. The molecule has 6 nitrogen and oxygen atoms in total. The zero-order chi connectivity index (χ0) is 17.1. The van der Waals surface area contributed by atoms with Crippen LogP contribution in [0.2, 0.25) is 0 Å². The summed E-state index contributed by atoms with van der Waals surface area (Å²) >= 11 is 1.58. The minimum atomic E-state index is -0.690. The first-order chi connectivity index (χ1) is 11.5. The first kappa shape index (κ1) is 16.4. The van der Waals surface area contributed by atoms with Gasteiger partial charge in [-0.3, -0.25) is 15.6 Å². The summed E-state index contributed by atoms with van der Waals surface area (Å²) in [5.74, 6) is 0.874. The highest BCUT2D eigenvalue weighted by atomic mass is 32.1. The Morgan fingerprint density at radius 1 is 1.29 bits per heavy atom. The van der Waals surface area contributed by atoms with Crippen molar-refractivity contribution in [3.8, 4) is 10.4 Å². The van der Waals surface area contributed by atoms with Crippen LogP contribution in [0.5, 0.6) is 0 Å². The number of thiophene rings is 1. The van der Waals surface area contributed by atoms with Crippen LogP contribution in [0.1, 0.15) is 19.2 Å². The van der Waals surface area contributed by atoms with E-state index in [1.165, 1.54) is 0 Å². The SMILES string of the molecule is Cc1nc(NNC(=O)C[C@H](C)O)c2cc(-c3ccccc3)sc2n1. The predicted molar refractivity (Wildman–Crippen MR) is 95.7 cm³/mol. The molecule has 0 aliphatic rings. The van der Waals surface area contributed by atoms with E-state index in [1.807, 2.05) is 43.3 Å². The van der Waals surface area contributed by atoms with Crippen molar-refractivity contribution in [2.24, 2.45) is 0 Å². The van der Waals surface area contributed by atoms with Gasteiger partial charge in [0.1, 0.15) is 10.7 Å². The number of aryl methyl sites for hydroxylation is 1. The van der Waals surface area contributed by atoms with Crippen LogP contribution in [0, 0.1) is 6.92 Å². The van der Waals surface area contributed by atoms with Crippen molar-refractivity contribution >= 4 is 33.3 Å². The van der Waals surface area contributed by atoms with Crippen molar-refractivity contribution in [3.63, 3.8) is 0 Å². The van der Waals surface area contributed by atoms with Gasteiger partial charge in [0.25, 0.3) is 0 Å². The van der Waals surface area contributed by atoms with Crippen LogP contribution in [0.4, 0.5) is 5.82 Å².